The van der Waals surface area contributed by atoms with Crippen LogP contribution in [0.15, 0.2) is 79.3 Å². The third kappa shape index (κ3) is 3.59. The molecule has 0 radical (unpaired) electrons. The molecule has 2 aromatic heterocycles. The molecule has 0 aliphatic carbocycles. The normalized spacial score (nSPS) is 11.0. The number of carbonyl (C=O) groups excluding carboxylic acids is 1. The standard InChI is InChI=1S/C25H20N4O2/c1-31-22-9-8-20(21-3-2-10-28-24(21)22)18-6-4-17-14-19(7-5-16(17)13-18)25(30)29-15-23-26-11-12-27-23/h2-14H,15H2,1H3,(H,26,27)(H,29,30). The van der Waals surface area contributed by atoms with Crippen molar-refractivity contribution in [2.45, 2.75) is 6.54 Å². The smallest absolute Gasteiger partial charge is 0.251 e. The molecule has 2 N–H and O–H groups in total. The summed E-state index contributed by atoms with van der Waals surface area (Å²) in [5.41, 5.74) is 3.63. The molecule has 0 atom stereocenters. The van der Waals surface area contributed by atoms with Crippen LogP contribution in [-0.4, -0.2) is 28.0 Å². The molecule has 0 unspecified atom stereocenters. The van der Waals surface area contributed by atoms with Gasteiger partial charge in [-0.05, 0) is 58.3 Å². The highest BCUT2D eigenvalue weighted by Crippen LogP contribution is 2.34. The Morgan fingerprint density at radius 1 is 1.00 bits per heavy atom. The summed E-state index contributed by atoms with van der Waals surface area (Å²) >= 11 is 0. The van der Waals surface area contributed by atoms with Gasteiger partial charge in [0.05, 0.1) is 13.7 Å². The minimum atomic E-state index is -0.130. The fourth-order valence-corrected chi connectivity index (χ4v) is 3.78. The molecule has 6 nitrogen and oxygen atoms in total. The number of amides is 1. The van der Waals surface area contributed by atoms with E-state index in [-0.39, 0.29) is 5.91 Å². The number of methoxy groups -OCH3 is 1. The number of benzene rings is 3. The molecule has 31 heavy (non-hydrogen) atoms. The molecule has 0 fully saturated rings. The number of nitrogens with zero attached hydrogens (tertiary/aromatic N) is 2. The van der Waals surface area contributed by atoms with Crippen molar-refractivity contribution in [3.8, 4) is 16.9 Å². The Bertz CT molecular complexity index is 1390. The highest BCUT2D eigenvalue weighted by Gasteiger charge is 2.11. The van der Waals surface area contributed by atoms with E-state index >= 15 is 0 Å². The molecule has 2 heterocycles. The van der Waals surface area contributed by atoms with Crippen LogP contribution in [0.1, 0.15) is 16.2 Å². The quantitative estimate of drug-likeness (QED) is 0.441. The van der Waals surface area contributed by atoms with Gasteiger partial charge in [-0.15, -0.1) is 0 Å². The fourth-order valence-electron chi connectivity index (χ4n) is 3.78. The van der Waals surface area contributed by atoms with Gasteiger partial charge in [0, 0.05) is 29.5 Å². The summed E-state index contributed by atoms with van der Waals surface area (Å²) in [5, 5.41) is 5.99. The van der Waals surface area contributed by atoms with E-state index in [0.29, 0.717) is 12.1 Å². The summed E-state index contributed by atoms with van der Waals surface area (Å²) in [4.78, 5) is 24.1. The van der Waals surface area contributed by atoms with Crippen LogP contribution in [0.5, 0.6) is 5.75 Å². The minimum Gasteiger partial charge on any atom is -0.494 e. The van der Waals surface area contributed by atoms with E-state index in [1.54, 1.807) is 25.7 Å². The SMILES string of the molecule is COc1ccc(-c2ccc3cc(C(=O)NCc4ncc[nH]4)ccc3c2)c2cccnc12. The predicted molar refractivity (Wildman–Crippen MR) is 121 cm³/mol. The number of fused-ring (bicyclic) bond motifs is 2. The summed E-state index contributed by atoms with van der Waals surface area (Å²) in [6.07, 6.45) is 5.17. The first-order chi connectivity index (χ1) is 15.2. The lowest BCUT2D eigenvalue weighted by molar-refractivity contribution is 0.0950. The van der Waals surface area contributed by atoms with Crippen LogP contribution >= 0.6 is 0 Å². The molecule has 6 heteroatoms. The largest absolute Gasteiger partial charge is 0.494 e. The zero-order valence-corrected chi connectivity index (χ0v) is 16.9. The average Bonchev–Trinajstić information content (AvgIpc) is 3.35. The Kier molecular flexibility index (Phi) is 4.80. The van der Waals surface area contributed by atoms with Gasteiger partial charge >= 0.3 is 0 Å². The molecule has 152 valence electrons. The van der Waals surface area contributed by atoms with Gasteiger partial charge in [0.2, 0.25) is 0 Å². The molecule has 0 saturated heterocycles. The molecule has 3 aromatic carbocycles. The number of aromatic nitrogens is 3. The Morgan fingerprint density at radius 2 is 1.87 bits per heavy atom. The van der Waals surface area contributed by atoms with Gasteiger partial charge in [-0.3, -0.25) is 9.78 Å². The van der Waals surface area contributed by atoms with E-state index in [4.69, 9.17) is 4.74 Å². The van der Waals surface area contributed by atoms with Crippen molar-refractivity contribution >= 4 is 27.6 Å². The molecule has 5 rings (SSSR count). The van der Waals surface area contributed by atoms with Crippen LogP contribution in [0.25, 0.3) is 32.8 Å². The molecule has 0 saturated carbocycles. The van der Waals surface area contributed by atoms with E-state index in [1.807, 2.05) is 36.4 Å². The van der Waals surface area contributed by atoms with E-state index in [2.05, 4.69) is 44.5 Å². The average molecular weight is 408 g/mol. The van der Waals surface area contributed by atoms with Crippen LogP contribution in [0.4, 0.5) is 0 Å². The highest BCUT2D eigenvalue weighted by atomic mass is 16.5. The first kappa shape index (κ1) is 18.8. The zero-order chi connectivity index (χ0) is 21.2. The maximum Gasteiger partial charge on any atom is 0.251 e. The lowest BCUT2D eigenvalue weighted by atomic mass is 9.97. The third-order valence-corrected chi connectivity index (χ3v) is 5.34. The highest BCUT2D eigenvalue weighted by molar-refractivity contribution is 6.02. The number of nitrogens with one attached hydrogen (secondary N) is 2. The van der Waals surface area contributed by atoms with Crippen LogP contribution in [0, 0.1) is 0 Å². The van der Waals surface area contributed by atoms with E-state index in [9.17, 15) is 4.79 Å². The molecule has 0 aliphatic heterocycles. The summed E-state index contributed by atoms with van der Waals surface area (Å²) in [6, 6.07) is 20.0. The van der Waals surface area contributed by atoms with Crippen molar-refractivity contribution in [3.63, 3.8) is 0 Å². The molecule has 1 amide bonds. The summed E-state index contributed by atoms with van der Waals surface area (Å²) in [6.45, 7) is 0.362. The molecule has 0 bridgehead atoms. The first-order valence-electron chi connectivity index (χ1n) is 9.95. The third-order valence-electron chi connectivity index (χ3n) is 5.34. The number of hydrogen-bond acceptors (Lipinski definition) is 4. The van der Waals surface area contributed by atoms with Gasteiger partial charge in [0.25, 0.3) is 5.91 Å². The van der Waals surface area contributed by atoms with Crippen molar-refractivity contribution in [1.29, 1.82) is 0 Å². The second-order valence-corrected chi connectivity index (χ2v) is 7.21. The number of imidazole rings is 1. The lowest BCUT2D eigenvalue weighted by Crippen LogP contribution is -2.23. The van der Waals surface area contributed by atoms with Gasteiger partial charge in [-0.25, -0.2) is 4.98 Å². The van der Waals surface area contributed by atoms with Gasteiger partial charge < -0.3 is 15.0 Å². The van der Waals surface area contributed by atoms with Gasteiger partial charge in [0.1, 0.15) is 17.1 Å². The van der Waals surface area contributed by atoms with Crippen molar-refractivity contribution in [2.75, 3.05) is 7.11 Å². The second kappa shape index (κ2) is 7.91. The summed E-state index contributed by atoms with van der Waals surface area (Å²) in [7, 11) is 1.65. The Hall–Kier alpha value is -4.19. The summed E-state index contributed by atoms with van der Waals surface area (Å²) < 4.78 is 5.46. The van der Waals surface area contributed by atoms with Crippen LogP contribution in [0.2, 0.25) is 0 Å². The number of carbonyl (C=O) groups is 1. The molecule has 0 spiro atoms. The number of hydrogen-bond donors (Lipinski definition) is 2. The Morgan fingerprint density at radius 3 is 2.71 bits per heavy atom. The number of H-pyrrole nitrogens is 1. The molecular weight excluding hydrogens is 388 g/mol. The maximum absolute atomic E-state index is 12.5. The molecule has 5 aromatic rings. The van der Waals surface area contributed by atoms with Gasteiger partial charge in [-0.1, -0.05) is 24.3 Å². The molecular formula is C25H20N4O2. The Labute approximate surface area is 178 Å². The predicted octanol–water partition coefficient (Wildman–Crippen LogP) is 4.72. The topological polar surface area (TPSA) is 79.9 Å². The summed E-state index contributed by atoms with van der Waals surface area (Å²) in [5.74, 6) is 1.35. The number of aromatic amines is 1. The van der Waals surface area contributed by atoms with Crippen molar-refractivity contribution in [3.05, 3.63) is 90.6 Å². The zero-order valence-electron chi connectivity index (χ0n) is 16.9. The van der Waals surface area contributed by atoms with Crippen LogP contribution in [0.3, 0.4) is 0 Å². The first-order valence-corrected chi connectivity index (χ1v) is 9.95. The number of pyridine rings is 1. The van der Waals surface area contributed by atoms with E-state index in [1.165, 1.54) is 0 Å². The Balaban J connectivity index is 1.47. The van der Waals surface area contributed by atoms with Crippen molar-refractivity contribution < 1.29 is 9.53 Å². The fraction of sp³-hybridized carbons (Fsp3) is 0.0800. The van der Waals surface area contributed by atoms with Crippen LogP contribution < -0.4 is 10.1 Å². The van der Waals surface area contributed by atoms with Gasteiger partial charge in [-0.2, -0.15) is 0 Å². The lowest BCUT2D eigenvalue weighted by Gasteiger charge is -2.11. The van der Waals surface area contributed by atoms with E-state index in [0.717, 1.165) is 44.4 Å². The van der Waals surface area contributed by atoms with Crippen LogP contribution in [-0.2, 0) is 6.54 Å². The monoisotopic (exact) mass is 408 g/mol. The van der Waals surface area contributed by atoms with Crippen molar-refractivity contribution in [2.24, 2.45) is 0 Å². The minimum absolute atomic E-state index is 0.130. The number of rotatable bonds is 5. The van der Waals surface area contributed by atoms with E-state index < -0.39 is 0 Å². The van der Waals surface area contributed by atoms with Gasteiger partial charge in [0.15, 0.2) is 0 Å². The second-order valence-electron chi connectivity index (χ2n) is 7.21. The maximum atomic E-state index is 12.5. The van der Waals surface area contributed by atoms with Crippen molar-refractivity contribution in [1.82, 2.24) is 20.3 Å². The molecule has 0 aliphatic rings. The number of ether oxygens (including phenoxy) is 1.